The van der Waals surface area contributed by atoms with Gasteiger partial charge in [-0.3, -0.25) is 4.79 Å². The van der Waals surface area contributed by atoms with Crippen LogP contribution in [0, 0.1) is 0 Å². The minimum absolute atomic E-state index is 0.439. The standard InChI is InChI=1S/C40H60O5/c1-30(2)18-13-20-32(5)22-15-23-33(6)24-16-28-37(40(9,43)29-17-25-34(7)21-14-19-31(3)4)45-39(42)38(44-35(8)41)36-26-11-10-12-27-36/h10-12,18-19,22,24-27,37-38,43H,13-17,20-21,23,28-29H2,1-9H3/b32-22+,33-24+,34-25+/t37-,38+,40+/m1/s1. The van der Waals surface area contributed by atoms with Crippen LogP contribution in [0.2, 0.25) is 0 Å². The molecule has 0 heterocycles. The van der Waals surface area contributed by atoms with Crippen LogP contribution in [0.1, 0.15) is 138 Å². The van der Waals surface area contributed by atoms with Crippen molar-refractivity contribution >= 4 is 11.9 Å². The number of esters is 2. The predicted octanol–water partition coefficient (Wildman–Crippen LogP) is 10.6. The summed E-state index contributed by atoms with van der Waals surface area (Å²) in [5.74, 6) is -1.25. The van der Waals surface area contributed by atoms with Crippen LogP contribution in [0.3, 0.4) is 0 Å². The second-order valence-electron chi connectivity index (χ2n) is 13.1. The molecule has 0 aliphatic heterocycles. The van der Waals surface area contributed by atoms with Crippen molar-refractivity contribution in [1.29, 1.82) is 0 Å². The molecule has 0 radical (unpaired) electrons. The Morgan fingerprint density at radius 3 is 1.64 bits per heavy atom. The first-order valence-corrected chi connectivity index (χ1v) is 16.6. The van der Waals surface area contributed by atoms with Crippen LogP contribution in [0.5, 0.6) is 0 Å². The van der Waals surface area contributed by atoms with E-state index < -0.39 is 29.7 Å². The molecule has 5 nitrogen and oxygen atoms in total. The Bertz CT molecular complexity index is 1190. The Labute approximate surface area is 274 Å². The van der Waals surface area contributed by atoms with Crippen LogP contribution < -0.4 is 0 Å². The highest BCUT2D eigenvalue weighted by molar-refractivity contribution is 5.80. The van der Waals surface area contributed by atoms with Crippen molar-refractivity contribution in [2.75, 3.05) is 0 Å². The fraction of sp³-hybridized carbons (Fsp3) is 0.550. The lowest BCUT2D eigenvalue weighted by Crippen LogP contribution is -2.43. The Morgan fingerprint density at radius 2 is 1.16 bits per heavy atom. The monoisotopic (exact) mass is 620 g/mol. The van der Waals surface area contributed by atoms with Crippen LogP contribution in [-0.4, -0.2) is 28.8 Å². The Hall–Kier alpha value is -3.18. The summed E-state index contributed by atoms with van der Waals surface area (Å²) in [6.07, 6.45) is 17.5. The fourth-order valence-electron chi connectivity index (χ4n) is 5.03. The molecule has 0 unspecified atom stereocenters. The Morgan fingerprint density at radius 1 is 0.689 bits per heavy atom. The highest BCUT2D eigenvalue weighted by atomic mass is 16.6. The first-order valence-electron chi connectivity index (χ1n) is 16.6. The molecule has 0 aliphatic carbocycles. The van der Waals surface area contributed by atoms with Gasteiger partial charge in [0.1, 0.15) is 6.10 Å². The molecule has 0 spiro atoms. The van der Waals surface area contributed by atoms with Gasteiger partial charge in [0.15, 0.2) is 0 Å². The molecule has 0 aliphatic rings. The number of ether oxygens (including phenoxy) is 2. The van der Waals surface area contributed by atoms with E-state index in [9.17, 15) is 14.7 Å². The molecule has 0 bridgehead atoms. The van der Waals surface area contributed by atoms with Gasteiger partial charge in [-0.15, -0.1) is 0 Å². The minimum Gasteiger partial charge on any atom is -0.456 e. The summed E-state index contributed by atoms with van der Waals surface area (Å²) in [6.45, 7) is 17.9. The van der Waals surface area contributed by atoms with Crippen LogP contribution >= 0.6 is 0 Å². The molecular formula is C40H60O5. The van der Waals surface area contributed by atoms with Crippen molar-refractivity contribution in [3.8, 4) is 0 Å². The Kier molecular flexibility index (Phi) is 19.1. The van der Waals surface area contributed by atoms with Crippen molar-refractivity contribution < 1.29 is 24.2 Å². The van der Waals surface area contributed by atoms with Crippen molar-refractivity contribution in [2.45, 2.75) is 144 Å². The molecule has 3 atom stereocenters. The maximum atomic E-state index is 13.5. The van der Waals surface area contributed by atoms with Crippen LogP contribution in [0.15, 0.2) is 88.6 Å². The summed E-state index contributed by atoms with van der Waals surface area (Å²) in [5, 5.41) is 11.6. The van der Waals surface area contributed by atoms with Crippen LogP contribution in [-0.2, 0) is 19.1 Å². The van der Waals surface area contributed by atoms with Gasteiger partial charge in [0, 0.05) is 12.5 Å². The van der Waals surface area contributed by atoms with Crippen LogP contribution in [0.25, 0.3) is 0 Å². The maximum absolute atomic E-state index is 13.5. The highest BCUT2D eigenvalue weighted by Crippen LogP contribution is 2.29. The molecule has 5 heteroatoms. The number of rotatable bonds is 20. The molecule has 0 saturated heterocycles. The zero-order valence-corrected chi connectivity index (χ0v) is 29.6. The van der Waals surface area contributed by atoms with Gasteiger partial charge in [-0.05, 0) is 120 Å². The molecule has 45 heavy (non-hydrogen) atoms. The summed E-state index contributed by atoms with van der Waals surface area (Å²) < 4.78 is 11.4. The zero-order chi connectivity index (χ0) is 33.8. The van der Waals surface area contributed by atoms with Gasteiger partial charge in [0.2, 0.25) is 6.10 Å². The Balaban J connectivity index is 3.01. The summed E-state index contributed by atoms with van der Waals surface area (Å²) >= 11 is 0. The molecule has 1 aromatic rings. The van der Waals surface area contributed by atoms with Gasteiger partial charge in [-0.2, -0.15) is 0 Å². The lowest BCUT2D eigenvalue weighted by molar-refractivity contribution is -0.182. The second kappa shape index (κ2) is 21.5. The molecule has 0 amide bonds. The van der Waals surface area contributed by atoms with Gasteiger partial charge >= 0.3 is 11.9 Å². The lowest BCUT2D eigenvalue weighted by Gasteiger charge is -2.33. The molecule has 0 aromatic heterocycles. The number of aliphatic hydroxyl groups is 1. The number of carbonyl (C=O) groups is 2. The molecule has 1 aromatic carbocycles. The van der Waals surface area contributed by atoms with Gasteiger partial charge in [0.25, 0.3) is 0 Å². The zero-order valence-electron chi connectivity index (χ0n) is 29.6. The van der Waals surface area contributed by atoms with Gasteiger partial charge in [-0.25, -0.2) is 4.79 Å². The van der Waals surface area contributed by atoms with Gasteiger partial charge in [0.05, 0.1) is 5.60 Å². The van der Waals surface area contributed by atoms with Gasteiger partial charge in [-0.1, -0.05) is 88.6 Å². The van der Waals surface area contributed by atoms with E-state index in [-0.39, 0.29) is 0 Å². The summed E-state index contributed by atoms with van der Waals surface area (Å²) in [4.78, 5) is 25.3. The lowest BCUT2D eigenvalue weighted by atomic mass is 9.89. The number of carbonyl (C=O) groups excluding carboxylic acids is 2. The summed E-state index contributed by atoms with van der Waals surface area (Å²) in [7, 11) is 0. The highest BCUT2D eigenvalue weighted by Gasteiger charge is 2.37. The number of benzene rings is 1. The molecular weight excluding hydrogens is 560 g/mol. The number of hydrogen-bond donors (Lipinski definition) is 1. The normalized spacial score (nSPS) is 15.0. The average Bonchev–Trinajstić information content (AvgIpc) is 2.95. The minimum atomic E-state index is -1.27. The fourth-order valence-corrected chi connectivity index (χ4v) is 5.03. The molecule has 1 rings (SSSR count). The first kappa shape index (κ1) is 39.8. The van der Waals surface area contributed by atoms with Gasteiger partial charge < -0.3 is 14.6 Å². The number of allylic oxidation sites excluding steroid dienone is 10. The first-order chi connectivity index (χ1) is 21.2. The molecule has 1 N–H and O–H groups in total. The van der Waals surface area contributed by atoms with Crippen LogP contribution in [0.4, 0.5) is 0 Å². The predicted molar refractivity (Wildman–Crippen MR) is 188 cm³/mol. The maximum Gasteiger partial charge on any atom is 0.352 e. The van der Waals surface area contributed by atoms with E-state index in [1.165, 1.54) is 34.8 Å². The SMILES string of the molecule is CC(=O)O[C@H](C(=O)O[C@H](CC/C=C(\C)CC/C=C(\C)CCC=C(C)C)[C@@](C)(O)CC/C=C(\C)CCC=C(C)C)c1ccccc1. The van der Waals surface area contributed by atoms with E-state index >= 15 is 0 Å². The largest absolute Gasteiger partial charge is 0.456 e. The summed E-state index contributed by atoms with van der Waals surface area (Å²) in [6, 6.07) is 8.86. The topological polar surface area (TPSA) is 72.8 Å². The van der Waals surface area contributed by atoms with Crippen molar-refractivity contribution in [1.82, 2.24) is 0 Å². The molecule has 0 fully saturated rings. The molecule has 250 valence electrons. The quantitative estimate of drug-likeness (QED) is 0.116. The van der Waals surface area contributed by atoms with Crippen molar-refractivity contribution in [2.24, 2.45) is 0 Å². The van der Waals surface area contributed by atoms with E-state index in [0.29, 0.717) is 31.2 Å². The smallest absolute Gasteiger partial charge is 0.352 e. The second-order valence-corrected chi connectivity index (χ2v) is 13.1. The van der Waals surface area contributed by atoms with E-state index in [0.717, 1.165) is 38.5 Å². The third-order valence-electron chi connectivity index (χ3n) is 7.83. The van der Waals surface area contributed by atoms with E-state index in [4.69, 9.17) is 9.47 Å². The average molecular weight is 621 g/mol. The van der Waals surface area contributed by atoms with E-state index in [1.807, 2.05) is 6.07 Å². The van der Waals surface area contributed by atoms with E-state index in [2.05, 4.69) is 78.8 Å². The third kappa shape index (κ3) is 18.4. The van der Waals surface area contributed by atoms with E-state index in [1.54, 1.807) is 31.2 Å². The molecule has 0 saturated carbocycles. The van der Waals surface area contributed by atoms with Crippen molar-refractivity contribution in [3.05, 3.63) is 94.1 Å². The van der Waals surface area contributed by atoms with Crippen molar-refractivity contribution in [3.63, 3.8) is 0 Å². The summed E-state index contributed by atoms with van der Waals surface area (Å²) in [5.41, 5.74) is 5.88. The third-order valence-corrected chi connectivity index (χ3v) is 7.83. The number of hydrogen-bond acceptors (Lipinski definition) is 5.